The summed E-state index contributed by atoms with van der Waals surface area (Å²) in [6.45, 7) is 9.03. The van der Waals surface area contributed by atoms with Crippen molar-refractivity contribution in [2.24, 2.45) is 0 Å². The summed E-state index contributed by atoms with van der Waals surface area (Å²) in [5.41, 5.74) is 1.50. The van der Waals surface area contributed by atoms with Crippen molar-refractivity contribution in [1.29, 1.82) is 0 Å². The Morgan fingerprint density at radius 1 is 1.29 bits per heavy atom. The number of carbonyl (C=O) groups is 1. The lowest BCUT2D eigenvalue weighted by atomic mass is 10.1. The van der Waals surface area contributed by atoms with E-state index >= 15 is 0 Å². The number of hydrogen-bond acceptors (Lipinski definition) is 3. The molecule has 0 saturated carbocycles. The van der Waals surface area contributed by atoms with Crippen molar-refractivity contribution in [3.05, 3.63) is 23.3 Å². The number of phenols is 1. The predicted octanol–water partition coefficient (Wildman–Crippen LogP) is 3.36. The van der Waals surface area contributed by atoms with Gasteiger partial charge in [-0.15, -0.1) is 0 Å². The third-order valence-electron chi connectivity index (χ3n) is 2.08. The lowest BCUT2D eigenvalue weighted by Crippen LogP contribution is -2.27. The maximum Gasteiger partial charge on any atom is 0.412 e. The first-order chi connectivity index (χ1) is 7.69. The van der Waals surface area contributed by atoms with Gasteiger partial charge < -0.3 is 9.84 Å². The zero-order valence-electron chi connectivity index (χ0n) is 10.9. The van der Waals surface area contributed by atoms with Crippen LogP contribution >= 0.6 is 0 Å². The first-order valence-corrected chi connectivity index (χ1v) is 5.49. The first-order valence-electron chi connectivity index (χ1n) is 5.49. The van der Waals surface area contributed by atoms with Crippen molar-refractivity contribution in [2.45, 2.75) is 40.2 Å². The van der Waals surface area contributed by atoms with Gasteiger partial charge in [0.15, 0.2) is 0 Å². The molecule has 0 bridgehead atoms. The van der Waals surface area contributed by atoms with Crippen LogP contribution < -0.4 is 5.32 Å². The van der Waals surface area contributed by atoms with Gasteiger partial charge in [0.05, 0.1) is 5.69 Å². The fourth-order valence-electron chi connectivity index (χ4n) is 1.47. The topological polar surface area (TPSA) is 58.6 Å². The molecule has 4 heteroatoms. The summed E-state index contributed by atoms with van der Waals surface area (Å²) in [6, 6.07) is 3.54. The summed E-state index contributed by atoms with van der Waals surface area (Å²) < 4.78 is 5.12. The summed E-state index contributed by atoms with van der Waals surface area (Å²) in [5.74, 6) is 0.0708. The number of hydrogen-bond donors (Lipinski definition) is 2. The maximum atomic E-state index is 11.6. The van der Waals surface area contributed by atoms with Crippen LogP contribution in [-0.2, 0) is 4.74 Å². The van der Waals surface area contributed by atoms with Gasteiger partial charge in [0.25, 0.3) is 0 Å². The van der Waals surface area contributed by atoms with Crippen molar-refractivity contribution >= 4 is 11.8 Å². The first kappa shape index (κ1) is 13.4. The Balaban J connectivity index is 2.85. The van der Waals surface area contributed by atoms with Crippen LogP contribution in [0.4, 0.5) is 10.5 Å². The van der Waals surface area contributed by atoms with Gasteiger partial charge in [-0.3, -0.25) is 5.32 Å². The van der Waals surface area contributed by atoms with Crippen LogP contribution in [-0.4, -0.2) is 16.8 Å². The molecule has 1 amide bonds. The van der Waals surface area contributed by atoms with E-state index in [0.717, 1.165) is 11.1 Å². The lowest BCUT2D eigenvalue weighted by molar-refractivity contribution is 0.0635. The van der Waals surface area contributed by atoms with Crippen molar-refractivity contribution < 1.29 is 14.6 Å². The normalized spacial score (nSPS) is 11.1. The molecule has 17 heavy (non-hydrogen) atoms. The van der Waals surface area contributed by atoms with Crippen molar-refractivity contribution in [3.63, 3.8) is 0 Å². The fourth-order valence-corrected chi connectivity index (χ4v) is 1.47. The Morgan fingerprint density at radius 2 is 1.88 bits per heavy atom. The van der Waals surface area contributed by atoms with Gasteiger partial charge in [0, 0.05) is 0 Å². The number of benzene rings is 1. The molecule has 0 aliphatic rings. The Morgan fingerprint density at radius 3 is 2.41 bits per heavy atom. The standard InChI is InChI=1S/C13H19NO3/c1-8-6-9(2)11(15)10(7-8)14-12(16)17-13(3,4)5/h6-7,15H,1-5H3,(H,14,16). The molecule has 1 rings (SSSR count). The van der Waals surface area contributed by atoms with Gasteiger partial charge in [-0.1, -0.05) is 6.07 Å². The molecule has 0 radical (unpaired) electrons. The zero-order chi connectivity index (χ0) is 13.2. The zero-order valence-corrected chi connectivity index (χ0v) is 10.9. The number of aryl methyl sites for hydroxylation is 2. The average Bonchev–Trinajstić information content (AvgIpc) is 2.10. The van der Waals surface area contributed by atoms with E-state index in [-0.39, 0.29) is 5.75 Å². The van der Waals surface area contributed by atoms with Gasteiger partial charge >= 0.3 is 6.09 Å². The van der Waals surface area contributed by atoms with Gasteiger partial charge in [0.2, 0.25) is 0 Å². The largest absolute Gasteiger partial charge is 0.505 e. The number of nitrogens with one attached hydrogen (secondary N) is 1. The van der Waals surface area contributed by atoms with E-state index in [1.165, 1.54) is 0 Å². The quantitative estimate of drug-likeness (QED) is 0.736. The molecule has 4 nitrogen and oxygen atoms in total. The number of amides is 1. The minimum absolute atomic E-state index is 0.0708. The van der Waals surface area contributed by atoms with Crippen molar-refractivity contribution in [2.75, 3.05) is 5.32 Å². The molecule has 0 atom stereocenters. The number of rotatable bonds is 1. The summed E-state index contributed by atoms with van der Waals surface area (Å²) in [7, 11) is 0. The Kier molecular flexibility index (Phi) is 3.66. The van der Waals surface area contributed by atoms with E-state index in [1.54, 1.807) is 33.8 Å². The van der Waals surface area contributed by atoms with Crippen LogP contribution in [0, 0.1) is 13.8 Å². The molecule has 1 aromatic rings. The second-order valence-electron chi connectivity index (χ2n) is 5.10. The summed E-state index contributed by atoms with van der Waals surface area (Å²) >= 11 is 0. The second kappa shape index (κ2) is 4.65. The third kappa shape index (κ3) is 3.98. The highest BCUT2D eigenvalue weighted by Gasteiger charge is 2.17. The van der Waals surface area contributed by atoms with Gasteiger partial charge in [0.1, 0.15) is 11.4 Å². The van der Waals surface area contributed by atoms with Crippen molar-refractivity contribution in [1.82, 2.24) is 0 Å². The van der Waals surface area contributed by atoms with Crippen molar-refractivity contribution in [3.8, 4) is 5.75 Å². The van der Waals surface area contributed by atoms with Gasteiger partial charge in [-0.25, -0.2) is 4.79 Å². The van der Waals surface area contributed by atoms with E-state index < -0.39 is 11.7 Å². The molecule has 2 N–H and O–H groups in total. The van der Waals surface area contributed by atoms with Crippen LogP contribution in [0.5, 0.6) is 5.75 Å². The highest BCUT2D eigenvalue weighted by molar-refractivity contribution is 5.87. The molecule has 0 heterocycles. The molecular formula is C13H19NO3. The SMILES string of the molecule is Cc1cc(C)c(O)c(NC(=O)OC(C)(C)C)c1. The highest BCUT2D eigenvalue weighted by atomic mass is 16.6. The second-order valence-corrected chi connectivity index (χ2v) is 5.10. The molecule has 0 aromatic heterocycles. The summed E-state index contributed by atoms with van der Waals surface area (Å²) in [5, 5.41) is 12.3. The highest BCUT2D eigenvalue weighted by Crippen LogP contribution is 2.28. The molecule has 0 aliphatic heterocycles. The van der Waals surface area contributed by atoms with Crippen LogP contribution in [0.25, 0.3) is 0 Å². The molecule has 0 spiro atoms. The third-order valence-corrected chi connectivity index (χ3v) is 2.08. The molecule has 0 saturated heterocycles. The fraction of sp³-hybridized carbons (Fsp3) is 0.462. The number of anilines is 1. The molecular weight excluding hydrogens is 218 g/mol. The Hall–Kier alpha value is -1.71. The lowest BCUT2D eigenvalue weighted by Gasteiger charge is -2.20. The predicted molar refractivity (Wildman–Crippen MR) is 67.4 cm³/mol. The van der Waals surface area contributed by atoms with Crippen LogP contribution in [0.15, 0.2) is 12.1 Å². The van der Waals surface area contributed by atoms with E-state index in [4.69, 9.17) is 4.74 Å². The number of aromatic hydroxyl groups is 1. The molecule has 0 fully saturated rings. The average molecular weight is 237 g/mol. The minimum atomic E-state index is -0.571. The Bertz CT molecular complexity index is 433. The number of phenolic OH excluding ortho intramolecular Hbond substituents is 1. The van der Waals surface area contributed by atoms with E-state index in [1.807, 2.05) is 13.0 Å². The van der Waals surface area contributed by atoms with Crippen LogP contribution in [0.1, 0.15) is 31.9 Å². The Labute approximate surface area is 102 Å². The summed E-state index contributed by atoms with van der Waals surface area (Å²) in [6.07, 6.45) is -0.571. The monoisotopic (exact) mass is 237 g/mol. The van der Waals surface area contributed by atoms with Gasteiger partial charge in [-0.05, 0) is 51.8 Å². The smallest absolute Gasteiger partial charge is 0.412 e. The number of carbonyl (C=O) groups excluding carboxylic acids is 1. The maximum absolute atomic E-state index is 11.6. The molecule has 94 valence electrons. The molecule has 0 aliphatic carbocycles. The molecule has 1 aromatic carbocycles. The minimum Gasteiger partial charge on any atom is -0.505 e. The van der Waals surface area contributed by atoms with Gasteiger partial charge in [-0.2, -0.15) is 0 Å². The molecule has 0 unspecified atom stereocenters. The van der Waals surface area contributed by atoms with Crippen LogP contribution in [0.2, 0.25) is 0 Å². The van der Waals surface area contributed by atoms with E-state index in [9.17, 15) is 9.90 Å². The van der Waals surface area contributed by atoms with E-state index in [0.29, 0.717) is 5.69 Å². The summed E-state index contributed by atoms with van der Waals surface area (Å²) in [4.78, 5) is 11.6. The number of ether oxygens (including phenoxy) is 1. The van der Waals surface area contributed by atoms with E-state index in [2.05, 4.69) is 5.32 Å². The van der Waals surface area contributed by atoms with Crippen LogP contribution in [0.3, 0.4) is 0 Å².